The third kappa shape index (κ3) is 2.89. The lowest BCUT2D eigenvalue weighted by Crippen LogP contribution is -2.14. The summed E-state index contributed by atoms with van der Waals surface area (Å²) in [7, 11) is 0. The van der Waals surface area contributed by atoms with Crippen molar-refractivity contribution in [3.05, 3.63) is 23.8 Å². The highest BCUT2D eigenvalue weighted by atomic mass is 32.2. The highest BCUT2D eigenvalue weighted by molar-refractivity contribution is 7.98. The standard InChI is InChI=1S/C11H15NO2S/c1-7(2)12-8-5-4-6-9(15-3)10(8)11(13)14/h4-7,12H,1-3H3,(H,13,14). The molecule has 0 unspecified atom stereocenters. The summed E-state index contributed by atoms with van der Waals surface area (Å²) in [6.45, 7) is 3.97. The van der Waals surface area contributed by atoms with Gasteiger partial charge in [-0.15, -0.1) is 11.8 Å². The van der Waals surface area contributed by atoms with E-state index in [1.807, 2.05) is 32.2 Å². The zero-order valence-electron chi connectivity index (χ0n) is 9.07. The minimum Gasteiger partial charge on any atom is -0.478 e. The van der Waals surface area contributed by atoms with E-state index in [1.165, 1.54) is 11.8 Å². The highest BCUT2D eigenvalue weighted by Gasteiger charge is 2.14. The van der Waals surface area contributed by atoms with Crippen LogP contribution in [-0.2, 0) is 0 Å². The topological polar surface area (TPSA) is 49.3 Å². The normalized spacial score (nSPS) is 10.4. The summed E-state index contributed by atoms with van der Waals surface area (Å²) in [5, 5.41) is 12.3. The molecule has 15 heavy (non-hydrogen) atoms. The van der Waals surface area contributed by atoms with Gasteiger partial charge in [0.2, 0.25) is 0 Å². The van der Waals surface area contributed by atoms with Crippen molar-refractivity contribution in [1.29, 1.82) is 0 Å². The molecule has 0 spiro atoms. The number of thioether (sulfide) groups is 1. The number of carboxylic acids is 1. The fourth-order valence-electron chi connectivity index (χ4n) is 1.35. The van der Waals surface area contributed by atoms with Crippen LogP contribution in [0.15, 0.2) is 23.1 Å². The number of nitrogens with one attached hydrogen (secondary N) is 1. The Hall–Kier alpha value is -1.16. The van der Waals surface area contributed by atoms with Crippen molar-refractivity contribution in [3.63, 3.8) is 0 Å². The summed E-state index contributed by atoms with van der Waals surface area (Å²) in [6, 6.07) is 5.70. The van der Waals surface area contributed by atoms with Crippen LogP contribution in [0, 0.1) is 0 Å². The number of rotatable bonds is 4. The molecule has 1 aromatic rings. The van der Waals surface area contributed by atoms with E-state index in [0.717, 1.165) is 4.90 Å². The molecule has 0 aromatic heterocycles. The average Bonchev–Trinajstić information content (AvgIpc) is 2.15. The molecule has 0 atom stereocenters. The molecule has 82 valence electrons. The Balaban J connectivity index is 3.19. The summed E-state index contributed by atoms with van der Waals surface area (Å²) < 4.78 is 0. The molecular formula is C11H15NO2S. The predicted molar refractivity (Wildman–Crippen MR) is 63.9 cm³/mol. The van der Waals surface area contributed by atoms with Crippen LogP contribution in [0.5, 0.6) is 0 Å². The lowest BCUT2D eigenvalue weighted by Gasteiger charge is -2.14. The number of hydrogen-bond donors (Lipinski definition) is 2. The van der Waals surface area contributed by atoms with E-state index < -0.39 is 5.97 Å². The van der Waals surface area contributed by atoms with E-state index in [2.05, 4.69) is 5.32 Å². The molecule has 0 amide bonds. The summed E-state index contributed by atoms with van der Waals surface area (Å²) in [4.78, 5) is 11.9. The molecule has 0 saturated carbocycles. The second-order valence-electron chi connectivity index (χ2n) is 3.49. The summed E-state index contributed by atoms with van der Waals surface area (Å²) in [6.07, 6.45) is 1.88. The molecule has 0 aliphatic carbocycles. The first-order chi connectivity index (χ1) is 7.06. The molecule has 0 fully saturated rings. The van der Waals surface area contributed by atoms with Crippen molar-refractivity contribution in [1.82, 2.24) is 0 Å². The Morgan fingerprint density at radius 3 is 2.60 bits per heavy atom. The molecule has 0 heterocycles. The van der Waals surface area contributed by atoms with Crippen molar-refractivity contribution in [2.75, 3.05) is 11.6 Å². The molecule has 2 N–H and O–H groups in total. The monoisotopic (exact) mass is 225 g/mol. The van der Waals surface area contributed by atoms with E-state index >= 15 is 0 Å². The maximum Gasteiger partial charge on any atom is 0.338 e. The van der Waals surface area contributed by atoms with Gasteiger partial charge in [0.15, 0.2) is 0 Å². The number of aromatic carboxylic acids is 1. The summed E-state index contributed by atoms with van der Waals surface area (Å²) >= 11 is 1.44. The Morgan fingerprint density at radius 2 is 2.13 bits per heavy atom. The summed E-state index contributed by atoms with van der Waals surface area (Å²) in [5.41, 5.74) is 1.04. The smallest absolute Gasteiger partial charge is 0.338 e. The molecule has 0 aliphatic rings. The van der Waals surface area contributed by atoms with Crippen LogP contribution in [0.2, 0.25) is 0 Å². The Kier molecular flexibility index (Phi) is 4.03. The molecule has 1 aromatic carbocycles. The van der Waals surface area contributed by atoms with Crippen LogP contribution < -0.4 is 5.32 Å². The zero-order valence-corrected chi connectivity index (χ0v) is 9.89. The van der Waals surface area contributed by atoms with Gasteiger partial charge in [-0.3, -0.25) is 0 Å². The average molecular weight is 225 g/mol. The fraction of sp³-hybridized carbons (Fsp3) is 0.364. The quantitative estimate of drug-likeness (QED) is 0.773. The summed E-state index contributed by atoms with van der Waals surface area (Å²) in [5.74, 6) is -0.886. The number of benzene rings is 1. The van der Waals surface area contributed by atoms with Gasteiger partial charge in [-0.25, -0.2) is 4.79 Å². The van der Waals surface area contributed by atoms with Crippen molar-refractivity contribution in [2.24, 2.45) is 0 Å². The first-order valence-electron chi connectivity index (χ1n) is 4.73. The number of carbonyl (C=O) groups is 1. The Bertz CT molecular complexity index is 364. The van der Waals surface area contributed by atoms with Crippen molar-refractivity contribution in [2.45, 2.75) is 24.8 Å². The van der Waals surface area contributed by atoms with E-state index in [4.69, 9.17) is 5.11 Å². The van der Waals surface area contributed by atoms with E-state index in [1.54, 1.807) is 6.07 Å². The van der Waals surface area contributed by atoms with Crippen LogP contribution in [-0.4, -0.2) is 23.4 Å². The largest absolute Gasteiger partial charge is 0.478 e. The van der Waals surface area contributed by atoms with E-state index in [9.17, 15) is 4.79 Å². The van der Waals surface area contributed by atoms with Gasteiger partial charge in [0.25, 0.3) is 0 Å². The fourth-order valence-corrected chi connectivity index (χ4v) is 1.97. The SMILES string of the molecule is CSc1cccc(NC(C)C)c1C(=O)O. The molecular weight excluding hydrogens is 210 g/mol. The number of carboxylic acid groups (broad SMARTS) is 1. The van der Waals surface area contributed by atoms with Gasteiger partial charge < -0.3 is 10.4 Å². The number of hydrogen-bond acceptors (Lipinski definition) is 3. The molecule has 0 saturated heterocycles. The van der Waals surface area contributed by atoms with Crippen LogP contribution in [0.25, 0.3) is 0 Å². The van der Waals surface area contributed by atoms with Crippen LogP contribution in [0.4, 0.5) is 5.69 Å². The van der Waals surface area contributed by atoms with Gasteiger partial charge in [-0.2, -0.15) is 0 Å². The minimum absolute atomic E-state index is 0.222. The van der Waals surface area contributed by atoms with Crippen LogP contribution in [0.3, 0.4) is 0 Å². The molecule has 0 aliphatic heterocycles. The molecule has 4 heteroatoms. The van der Waals surface area contributed by atoms with Crippen LogP contribution >= 0.6 is 11.8 Å². The van der Waals surface area contributed by atoms with E-state index in [0.29, 0.717) is 11.3 Å². The van der Waals surface area contributed by atoms with Crippen molar-refractivity contribution in [3.8, 4) is 0 Å². The molecule has 3 nitrogen and oxygen atoms in total. The van der Waals surface area contributed by atoms with Gasteiger partial charge in [-0.05, 0) is 32.2 Å². The highest BCUT2D eigenvalue weighted by Crippen LogP contribution is 2.27. The van der Waals surface area contributed by atoms with Gasteiger partial charge >= 0.3 is 5.97 Å². The van der Waals surface area contributed by atoms with Crippen molar-refractivity contribution >= 4 is 23.4 Å². The lowest BCUT2D eigenvalue weighted by molar-refractivity contribution is 0.0694. The zero-order chi connectivity index (χ0) is 11.4. The predicted octanol–water partition coefficient (Wildman–Crippen LogP) is 2.93. The second kappa shape index (κ2) is 5.07. The van der Waals surface area contributed by atoms with Crippen molar-refractivity contribution < 1.29 is 9.90 Å². The Labute approximate surface area is 93.9 Å². The lowest BCUT2D eigenvalue weighted by atomic mass is 10.1. The Morgan fingerprint density at radius 1 is 1.47 bits per heavy atom. The maximum atomic E-state index is 11.1. The maximum absolute atomic E-state index is 11.1. The van der Waals surface area contributed by atoms with Gasteiger partial charge in [0, 0.05) is 10.9 Å². The van der Waals surface area contributed by atoms with Crippen LogP contribution in [0.1, 0.15) is 24.2 Å². The van der Waals surface area contributed by atoms with E-state index in [-0.39, 0.29) is 6.04 Å². The number of anilines is 1. The molecule has 0 bridgehead atoms. The molecule has 1 rings (SSSR count). The van der Waals surface area contributed by atoms with Gasteiger partial charge in [0.05, 0.1) is 11.3 Å². The molecule has 0 radical (unpaired) electrons. The van der Waals surface area contributed by atoms with Gasteiger partial charge in [-0.1, -0.05) is 6.07 Å². The first kappa shape index (κ1) is 11.9. The third-order valence-corrected chi connectivity index (χ3v) is 2.68. The first-order valence-corrected chi connectivity index (χ1v) is 5.95. The second-order valence-corrected chi connectivity index (χ2v) is 4.34. The third-order valence-electron chi connectivity index (χ3n) is 1.90. The van der Waals surface area contributed by atoms with Gasteiger partial charge in [0.1, 0.15) is 0 Å². The minimum atomic E-state index is -0.886.